The zero-order valence-corrected chi connectivity index (χ0v) is 14.7. The molecule has 12 nitrogen and oxygen atoms in total. The van der Waals surface area contributed by atoms with E-state index in [9.17, 15) is 28.6 Å². The van der Waals surface area contributed by atoms with Crippen molar-refractivity contribution < 1.29 is 18.3 Å². The minimum atomic E-state index is -4.33. The molecule has 26 heavy (non-hydrogen) atoms. The summed E-state index contributed by atoms with van der Waals surface area (Å²) in [7, 11) is -0.931. The van der Waals surface area contributed by atoms with E-state index < -0.39 is 36.1 Å². The monoisotopic (exact) mass is 382 g/mol. The molecule has 0 atom stereocenters. The molecular formula is C13H14N6O6S. The number of nitro groups is 2. The number of aromatic nitrogens is 2. The van der Waals surface area contributed by atoms with Crippen LogP contribution in [-0.4, -0.2) is 42.3 Å². The van der Waals surface area contributed by atoms with Gasteiger partial charge in [-0.1, -0.05) is 0 Å². The minimum Gasteiger partial charge on any atom is -0.347 e. The standard InChI is InChI=1S/C13H14N6O6S/c1-8-11(18(20)21)4-10(5-12(8)19(22)23)26(24,25)16-9-6-14-13(15-7-9)17(2)3/h4-7,16H,1-3H3. The topological polar surface area (TPSA) is 161 Å². The van der Waals surface area contributed by atoms with E-state index >= 15 is 0 Å². The molecule has 1 N–H and O–H groups in total. The third-order valence-corrected chi connectivity index (χ3v) is 4.68. The third kappa shape index (κ3) is 3.83. The average Bonchev–Trinajstić information content (AvgIpc) is 2.54. The van der Waals surface area contributed by atoms with Crippen molar-refractivity contribution in [3.05, 3.63) is 50.3 Å². The van der Waals surface area contributed by atoms with Crippen LogP contribution in [0.3, 0.4) is 0 Å². The van der Waals surface area contributed by atoms with Crippen LogP contribution in [-0.2, 0) is 10.0 Å². The van der Waals surface area contributed by atoms with E-state index in [1.54, 1.807) is 19.0 Å². The lowest BCUT2D eigenvalue weighted by molar-refractivity contribution is -0.395. The molecule has 2 aromatic rings. The molecule has 0 unspecified atom stereocenters. The maximum Gasteiger partial charge on any atom is 0.280 e. The van der Waals surface area contributed by atoms with Gasteiger partial charge < -0.3 is 4.90 Å². The SMILES string of the molecule is Cc1c([N+](=O)[O-])cc(S(=O)(=O)Nc2cnc(N(C)C)nc2)cc1[N+](=O)[O-]. The van der Waals surface area contributed by atoms with E-state index in [0.29, 0.717) is 5.95 Å². The van der Waals surface area contributed by atoms with Gasteiger partial charge in [0.15, 0.2) is 0 Å². The number of nitrogens with zero attached hydrogens (tertiary/aromatic N) is 5. The second kappa shape index (κ2) is 6.87. The summed E-state index contributed by atoms with van der Waals surface area (Å²) in [4.78, 5) is 29.3. The summed E-state index contributed by atoms with van der Waals surface area (Å²) in [6.07, 6.45) is 2.41. The summed E-state index contributed by atoms with van der Waals surface area (Å²) in [6, 6.07) is 1.53. The average molecular weight is 382 g/mol. The predicted molar refractivity (Wildman–Crippen MR) is 91.7 cm³/mol. The first-order valence-electron chi connectivity index (χ1n) is 6.98. The lowest BCUT2D eigenvalue weighted by atomic mass is 10.1. The first kappa shape index (κ1) is 19.0. The van der Waals surface area contributed by atoms with Gasteiger partial charge in [-0.2, -0.15) is 0 Å². The van der Waals surface area contributed by atoms with Gasteiger partial charge >= 0.3 is 0 Å². The maximum absolute atomic E-state index is 12.5. The fourth-order valence-corrected chi connectivity index (χ4v) is 3.08. The van der Waals surface area contributed by atoms with Crippen molar-refractivity contribution in [3.8, 4) is 0 Å². The van der Waals surface area contributed by atoms with E-state index in [4.69, 9.17) is 0 Å². The fourth-order valence-electron chi connectivity index (χ4n) is 2.01. The lowest BCUT2D eigenvalue weighted by Gasteiger charge is -2.11. The number of rotatable bonds is 6. The van der Waals surface area contributed by atoms with E-state index in [1.165, 1.54) is 19.3 Å². The summed E-state index contributed by atoms with van der Waals surface area (Å²) in [5.41, 5.74) is -1.57. The van der Waals surface area contributed by atoms with Crippen LogP contribution >= 0.6 is 0 Å². The van der Waals surface area contributed by atoms with Crippen LogP contribution in [0.2, 0.25) is 0 Å². The van der Waals surface area contributed by atoms with Gasteiger partial charge in [-0.15, -0.1) is 0 Å². The Hall–Kier alpha value is -3.35. The zero-order chi connectivity index (χ0) is 19.6. The van der Waals surface area contributed by atoms with Gasteiger partial charge in [0.1, 0.15) is 10.5 Å². The Balaban J connectivity index is 2.48. The number of hydrogen-bond acceptors (Lipinski definition) is 9. The highest BCUT2D eigenvalue weighted by Gasteiger charge is 2.28. The minimum absolute atomic E-state index is 0.00137. The van der Waals surface area contributed by atoms with Crippen LogP contribution in [0.5, 0.6) is 0 Å². The number of anilines is 2. The molecule has 13 heteroatoms. The third-order valence-electron chi connectivity index (χ3n) is 3.32. The molecule has 1 heterocycles. The second-order valence-corrected chi connectivity index (χ2v) is 7.05. The van der Waals surface area contributed by atoms with Crippen molar-refractivity contribution in [2.45, 2.75) is 11.8 Å². The number of benzene rings is 1. The largest absolute Gasteiger partial charge is 0.347 e. The van der Waals surface area contributed by atoms with Crippen molar-refractivity contribution in [2.24, 2.45) is 0 Å². The van der Waals surface area contributed by atoms with Gasteiger partial charge in [-0.05, 0) is 6.92 Å². The summed E-state index contributed by atoms with van der Waals surface area (Å²) in [5, 5.41) is 22.2. The Kier molecular flexibility index (Phi) is 5.02. The van der Waals surface area contributed by atoms with Gasteiger partial charge in [-0.3, -0.25) is 25.0 Å². The van der Waals surface area contributed by atoms with Gasteiger partial charge in [0.2, 0.25) is 5.95 Å². The van der Waals surface area contributed by atoms with Gasteiger partial charge in [-0.25, -0.2) is 18.4 Å². The number of hydrogen-bond donors (Lipinski definition) is 1. The Morgan fingerprint density at radius 2 is 1.50 bits per heavy atom. The summed E-state index contributed by atoms with van der Waals surface area (Å²) < 4.78 is 27.1. The summed E-state index contributed by atoms with van der Waals surface area (Å²) in [5.74, 6) is 0.342. The highest BCUT2D eigenvalue weighted by atomic mass is 32.2. The van der Waals surface area contributed by atoms with Crippen LogP contribution in [0.15, 0.2) is 29.4 Å². The molecule has 0 saturated carbocycles. The van der Waals surface area contributed by atoms with Crippen LogP contribution in [0.1, 0.15) is 5.56 Å². The van der Waals surface area contributed by atoms with Crippen molar-refractivity contribution in [1.29, 1.82) is 0 Å². The lowest BCUT2D eigenvalue weighted by Crippen LogP contribution is -2.16. The van der Waals surface area contributed by atoms with Crippen molar-refractivity contribution >= 4 is 33.0 Å². The van der Waals surface area contributed by atoms with Crippen LogP contribution in [0.4, 0.5) is 23.0 Å². The molecule has 0 amide bonds. The fraction of sp³-hybridized carbons (Fsp3) is 0.231. The molecule has 0 aliphatic heterocycles. The highest BCUT2D eigenvalue weighted by molar-refractivity contribution is 7.92. The Morgan fingerprint density at radius 3 is 1.88 bits per heavy atom. The van der Waals surface area contributed by atoms with Gasteiger partial charge in [0.05, 0.1) is 27.9 Å². The van der Waals surface area contributed by atoms with Crippen LogP contribution in [0, 0.1) is 27.2 Å². The summed E-state index contributed by atoms with van der Waals surface area (Å²) in [6.45, 7) is 1.17. The summed E-state index contributed by atoms with van der Waals surface area (Å²) >= 11 is 0. The predicted octanol–water partition coefficient (Wildman–Crippen LogP) is 1.47. The number of sulfonamides is 1. The molecule has 138 valence electrons. The van der Waals surface area contributed by atoms with E-state index in [2.05, 4.69) is 14.7 Å². The first-order valence-corrected chi connectivity index (χ1v) is 8.47. The van der Waals surface area contributed by atoms with Gasteiger partial charge in [0, 0.05) is 26.2 Å². The molecule has 0 radical (unpaired) electrons. The molecule has 0 saturated heterocycles. The molecule has 0 bridgehead atoms. The van der Waals surface area contributed by atoms with Crippen molar-refractivity contribution in [2.75, 3.05) is 23.7 Å². The van der Waals surface area contributed by atoms with E-state index in [0.717, 1.165) is 12.1 Å². The van der Waals surface area contributed by atoms with E-state index in [-0.39, 0.29) is 11.3 Å². The molecular weight excluding hydrogens is 368 g/mol. The molecule has 0 aliphatic carbocycles. The molecule has 0 aliphatic rings. The Bertz CT molecular complexity index is 938. The molecule has 2 rings (SSSR count). The molecule has 0 fully saturated rings. The van der Waals surface area contributed by atoms with Crippen LogP contribution in [0.25, 0.3) is 0 Å². The molecule has 0 spiro atoms. The second-order valence-electron chi connectivity index (χ2n) is 5.37. The normalized spacial score (nSPS) is 11.0. The van der Waals surface area contributed by atoms with Crippen LogP contribution < -0.4 is 9.62 Å². The zero-order valence-electron chi connectivity index (χ0n) is 13.9. The smallest absolute Gasteiger partial charge is 0.280 e. The molecule has 1 aromatic carbocycles. The number of nitro benzene ring substituents is 2. The number of nitrogens with one attached hydrogen (secondary N) is 1. The van der Waals surface area contributed by atoms with E-state index in [1.807, 2.05) is 0 Å². The van der Waals surface area contributed by atoms with Gasteiger partial charge in [0.25, 0.3) is 21.4 Å². The van der Waals surface area contributed by atoms with Crippen molar-refractivity contribution in [1.82, 2.24) is 9.97 Å². The highest BCUT2D eigenvalue weighted by Crippen LogP contribution is 2.31. The Morgan fingerprint density at radius 1 is 1.04 bits per heavy atom. The maximum atomic E-state index is 12.5. The first-order chi connectivity index (χ1) is 12.0. The molecule has 1 aromatic heterocycles. The Labute approximate surface area is 147 Å². The van der Waals surface area contributed by atoms with Crippen molar-refractivity contribution in [3.63, 3.8) is 0 Å². The quantitative estimate of drug-likeness (QED) is 0.575.